The highest BCUT2D eigenvalue weighted by Crippen LogP contribution is 2.27. The van der Waals surface area contributed by atoms with Gasteiger partial charge in [0.15, 0.2) is 0 Å². The second-order valence-electron chi connectivity index (χ2n) is 4.95. The van der Waals surface area contributed by atoms with Crippen LogP contribution in [0.25, 0.3) is 0 Å². The Kier molecular flexibility index (Phi) is 4.45. The Bertz CT molecular complexity index is 531. The second kappa shape index (κ2) is 6.28. The molecule has 0 heterocycles. The Morgan fingerprint density at radius 2 is 1.79 bits per heavy atom. The molecular formula is C17H21NO. The van der Waals surface area contributed by atoms with E-state index < -0.39 is 0 Å². The van der Waals surface area contributed by atoms with E-state index in [-0.39, 0.29) is 5.75 Å². The van der Waals surface area contributed by atoms with Crippen LogP contribution >= 0.6 is 0 Å². The second-order valence-corrected chi connectivity index (χ2v) is 4.95. The van der Waals surface area contributed by atoms with Crippen molar-refractivity contribution in [2.45, 2.75) is 33.1 Å². The number of nitrogens with one attached hydrogen (secondary N) is 1. The summed E-state index contributed by atoms with van der Waals surface area (Å²) in [5.41, 5.74) is 4.16. The summed E-state index contributed by atoms with van der Waals surface area (Å²) in [5.74, 6) is 0.287. The predicted octanol–water partition coefficient (Wildman–Crippen LogP) is 4.79. The number of anilines is 2. The van der Waals surface area contributed by atoms with Crippen molar-refractivity contribution in [3.63, 3.8) is 0 Å². The first kappa shape index (κ1) is 13.5. The Balaban J connectivity index is 2.06. The van der Waals surface area contributed by atoms with Gasteiger partial charge in [0, 0.05) is 5.69 Å². The van der Waals surface area contributed by atoms with E-state index >= 15 is 0 Å². The van der Waals surface area contributed by atoms with Crippen LogP contribution in [-0.4, -0.2) is 5.11 Å². The molecule has 0 saturated carbocycles. The van der Waals surface area contributed by atoms with Gasteiger partial charge in [-0.05, 0) is 55.2 Å². The van der Waals surface area contributed by atoms with Gasteiger partial charge in [-0.2, -0.15) is 0 Å². The molecule has 19 heavy (non-hydrogen) atoms. The first-order valence-electron chi connectivity index (χ1n) is 6.84. The number of benzene rings is 2. The number of hydrogen-bond donors (Lipinski definition) is 2. The van der Waals surface area contributed by atoms with E-state index in [1.54, 1.807) is 6.07 Å². The zero-order valence-corrected chi connectivity index (χ0v) is 11.6. The summed E-state index contributed by atoms with van der Waals surface area (Å²) in [6.07, 6.45) is 3.58. The van der Waals surface area contributed by atoms with Gasteiger partial charge in [-0.15, -0.1) is 0 Å². The number of phenols is 1. The van der Waals surface area contributed by atoms with E-state index in [1.165, 1.54) is 18.4 Å². The molecule has 0 bridgehead atoms. The Morgan fingerprint density at radius 3 is 2.42 bits per heavy atom. The van der Waals surface area contributed by atoms with Crippen molar-refractivity contribution in [2.75, 3.05) is 5.32 Å². The highest BCUT2D eigenvalue weighted by molar-refractivity contribution is 5.66. The zero-order valence-electron chi connectivity index (χ0n) is 11.6. The monoisotopic (exact) mass is 255 g/mol. The molecule has 0 atom stereocenters. The zero-order chi connectivity index (χ0) is 13.7. The van der Waals surface area contributed by atoms with Crippen LogP contribution in [0.1, 0.15) is 30.9 Å². The summed E-state index contributed by atoms with van der Waals surface area (Å²) in [7, 11) is 0. The topological polar surface area (TPSA) is 32.3 Å². The molecule has 100 valence electrons. The van der Waals surface area contributed by atoms with Gasteiger partial charge >= 0.3 is 0 Å². The maximum absolute atomic E-state index is 9.86. The summed E-state index contributed by atoms with van der Waals surface area (Å²) in [5, 5.41) is 13.1. The molecule has 0 radical (unpaired) electrons. The molecule has 0 unspecified atom stereocenters. The summed E-state index contributed by atoms with van der Waals surface area (Å²) in [4.78, 5) is 0. The minimum Gasteiger partial charge on any atom is -0.506 e. The van der Waals surface area contributed by atoms with Gasteiger partial charge in [-0.25, -0.2) is 0 Å². The molecule has 0 saturated heterocycles. The average Bonchev–Trinajstić information content (AvgIpc) is 2.41. The van der Waals surface area contributed by atoms with Crippen LogP contribution in [0, 0.1) is 6.92 Å². The molecule has 0 aromatic heterocycles. The maximum atomic E-state index is 9.86. The lowest BCUT2D eigenvalue weighted by molar-refractivity contribution is 0.477. The predicted molar refractivity (Wildman–Crippen MR) is 81.2 cm³/mol. The van der Waals surface area contributed by atoms with Crippen molar-refractivity contribution in [2.24, 2.45) is 0 Å². The van der Waals surface area contributed by atoms with Crippen molar-refractivity contribution < 1.29 is 5.11 Å². The summed E-state index contributed by atoms with van der Waals surface area (Å²) >= 11 is 0. The number of rotatable bonds is 5. The van der Waals surface area contributed by atoms with Crippen LogP contribution in [-0.2, 0) is 6.42 Å². The first-order chi connectivity index (χ1) is 9.19. The maximum Gasteiger partial charge on any atom is 0.139 e. The van der Waals surface area contributed by atoms with Crippen LogP contribution in [0.4, 0.5) is 11.4 Å². The van der Waals surface area contributed by atoms with Crippen molar-refractivity contribution >= 4 is 11.4 Å². The van der Waals surface area contributed by atoms with E-state index in [0.29, 0.717) is 0 Å². The van der Waals surface area contributed by atoms with Gasteiger partial charge < -0.3 is 10.4 Å². The minimum atomic E-state index is 0.287. The number of phenolic OH excluding ortho intramolecular Hbond substituents is 1. The third kappa shape index (κ3) is 3.75. The van der Waals surface area contributed by atoms with Crippen LogP contribution in [0.3, 0.4) is 0 Å². The number of hydrogen-bond acceptors (Lipinski definition) is 2. The van der Waals surface area contributed by atoms with Crippen molar-refractivity contribution in [3.8, 4) is 5.75 Å². The number of unbranched alkanes of at least 4 members (excludes halogenated alkanes) is 1. The van der Waals surface area contributed by atoms with Crippen LogP contribution in [0.15, 0.2) is 42.5 Å². The number of aromatic hydroxyl groups is 1. The molecule has 0 aliphatic heterocycles. The third-order valence-electron chi connectivity index (χ3n) is 3.21. The highest BCUT2D eigenvalue weighted by atomic mass is 16.3. The fourth-order valence-electron chi connectivity index (χ4n) is 2.04. The lowest BCUT2D eigenvalue weighted by Crippen LogP contribution is -1.92. The van der Waals surface area contributed by atoms with E-state index in [2.05, 4.69) is 36.5 Å². The molecule has 2 aromatic carbocycles. The van der Waals surface area contributed by atoms with Crippen LogP contribution in [0.2, 0.25) is 0 Å². The fourth-order valence-corrected chi connectivity index (χ4v) is 2.04. The molecule has 2 heteroatoms. The number of aryl methyl sites for hydroxylation is 2. The highest BCUT2D eigenvalue weighted by Gasteiger charge is 2.01. The minimum absolute atomic E-state index is 0.287. The molecule has 2 nitrogen and oxygen atoms in total. The van der Waals surface area contributed by atoms with Crippen LogP contribution in [0.5, 0.6) is 5.75 Å². The SMILES string of the molecule is CCCCc1ccc(Nc2ccc(C)cc2O)cc1. The quantitative estimate of drug-likeness (QED) is 0.753. The van der Waals surface area contributed by atoms with Gasteiger partial charge in [0.2, 0.25) is 0 Å². The molecular weight excluding hydrogens is 234 g/mol. The van der Waals surface area contributed by atoms with Gasteiger partial charge in [0.25, 0.3) is 0 Å². The lowest BCUT2D eigenvalue weighted by Gasteiger charge is -2.10. The Hall–Kier alpha value is -1.96. The molecule has 0 amide bonds. The molecule has 0 aliphatic carbocycles. The molecule has 2 N–H and O–H groups in total. The van der Waals surface area contributed by atoms with Gasteiger partial charge in [0.05, 0.1) is 5.69 Å². The average molecular weight is 255 g/mol. The van der Waals surface area contributed by atoms with Crippen LogP contribution < -0.4 is 5.32 Å². The van der Waals surface area contributed by atoms with Crippen molar-refractivity contribution in [1.82, 2.24) is 0 Å². The largest absolute Gasteiger partial charge is 0.506 e. The Labute approximate surface area is 115 Å². The lowest BCUT2D eigenvalue weighted by atomic mass is 10.1. The normalized spacial score (nSPS) is 10.4. The Morgan fingerprint density at radius 1 is 1.05 bits per heavy atom. The molecule has 0 spiro atoms. The van der Waals surface area contributed by atoms with E-state index in [4.69, 9.17) is 0 Å². The van der Waals surface area contributed by atoms with E-state index in [1.807, 2.05) is 19.1 Å². The fraction of sp³-hybridized carbons (Fsp3) is 0.294. The summed E-state index contributed by atoms with van der Waals surface area (Å²) in [6, 6.07) is 14.0. The standard InChI is InChI=1S/C17H21NO/c1-3-4-5-14-7-9-15(10-8-14)18-16-11-6-13(2)12-17(16)19/h6-12,18-19H,3-5H2,1-2H3. The van der Waals surface area contributed by atoms with Gasteiger partial charge in [-0.3, -0.25) is 0 Å². The molecule has 2 aromatic rings. The molecule has 2 rings (SSSR count). The first-order valence-corrected chi connectivity index (χ1v) is 6.84. The van der Waals surface area contributed by atoms with Gasteiger partial charge in [0.1, 0.15) is 5.75 Å². The van der Waals surface area contributed by atoms with E-state index in [0.717, 1.165) is 23.4 Å². The van der Waals surface area contributed by atoms with Gasteiger partial charge in [-0.1, -0.05) is 31.5 Å². The van der Waals surface area contributed by atoms with Crippen molar-refractivity contribution in [1.29, 1.82) is 0 Å². The third-order valence-corrected chi connectivity index (χ3v) is 3.21. The summed E-state index contributed by atoms with van der Waals surface area (Å²) in [6.45, 7) is 4.17. The molecule has 0 fully saturated rings. The smallest absolute Gasteiger partial charge is 0.139 e. The summed E-state index contributed by atoms with van der Waals surface area (Å²) < 4.78 is 0. The molecule has 0 aliphatic rings. The van der Waals surface area contributed by atoms with Crippen molar-refractivity contribution in [3.05, 3.63) is 53.6 Å². The van der Waals surface area contributed by atoms with E-state index in [9.17, 15) is 5.11 Å².